The van der Waals surface area contributed by atoms with Gasteiger partial charge in [-0.3, -0.25) is 9.59 Å². The number of anilines is 1. The lowest BCUT2D eigenvalue weighted by Crippen LogP contribution is -2.51. The monoisotopic (exact) mass is 577 g/mol. The van der Waals surface area contributed by atoms with Gasteiger partial charge in [0, 0.05) is 24.2 Å². The second-order valence-electron chi connectivity index (χ2n) is 10.1. The number of nitrogens with one attached hydrogen (secondary N) is 2. The first-order valence-electron chi connectivity index (χ1n) is 13.6. The van der Waals surface area contributed by atoms with Crippen molar-refractivity contribution >= 4 is 33.5 Å². The molecule has 10 heteroatoms. The summed E-state index contributed by atoms with van der Waals surface area (Å²) in [5, 5.41) is 5.60. The average Bonchev–Trinajstić information content (AvgIpc) is 3.46. The minimum Gasteiger partial charge on any atom is -0.464 e. The highest BCUT2D eigenvalue weighted by Gasteiger charge is 2.40. The molecular weight excluding hydrogens is 542 g/mol. The summed E-state index contributed by atoms with van der Waals surface area (Å²) in [4.78, 5) is 38.9. The van der Waals surface area contributed by atoms with Crippen LogP contribution in [0.25, 0.3) is 0 Å². The van der Waals surface area contributed by atoms with Crippen LogP contribution in [0.3, 0.4) is 0 Å². The minimum atomic E-state index is -3.89. The van der Waals surface area contributed by atoms with E-state index in [0.29, 0.717) is 24.1 Å². The molecule has 216 valence electrons. The fraction of sp³-hybridized carbons (Fsp3) is 0.323. The van der Waals surface area contributed by atoms with Crippen LogP contribution in [0, 0.1) is 13.8 Å². The van der Waals surface area contributed by atoms with Crippen molar-refractivity contribution in [2.45, 2.75) is 57.0 Å². The lowest BCUT2D eigenvalue weighted by Gasteiger charge is -2.25. The molecule has 0 aliphatic carbocycles. The Hall–Kier alpha value is -4.02. The summed E-state index contributed by atoms with van der Waals surface area (Å²) in [6.07, 6.45) is 1.01. The maximum atomic E-state index is 13.4. The predicted molar refractivity (Wildman–Crippen MR) is 156 cm³/mol. The van der Waals surface area contributed by atoms with E-state index in [1.165, 1.54) is 16.4 Å². The first-order valence-corrected chi connectivity index (χ1v) is 15.1. The van der Waals surface area contributed by atoms with Crippen molar-refractivity contribution in [3.8, 4) is 0 Å². The molecule has 2 atom stereocenters. The number of carbonyl (C=O) groups is 3. The van der Waals surface area contributed by atoms with E-state index < -0.39 is 34.0 Å². The Bertz CT molecular complexity index is 1500. The van der Waals surface area contributed by atoms with Crippen LogP contribution in [0.1, 0.15) is 46.8 Å². The molecule has 9 nitrogen and oxygen atoms in total. The van der Waals surface area contributed by atoms with E-state index in [4.69, 9.17) is 4.74 Å². The highest BCUT2D eigenvalue weighted by molar-refractivity contribution is 7.89. The molecule has 0 spiro atoms. The summed E-state index contributed by atoms with van der Waals surface area (Å²) in [6, 6.07) is 18.8. The van der Waals surface area contributed by atoms with Crippen LogP contribution in [0.4, 0.5) is 5.69 Å². The number of aryl methyl sites for hydroxylation is 2. The molecule has 1 aliphatic heterocycles. The van der Waals surface area contributed by atoms with Gasteiger partial charge in [0.25, 0.3) is 5.91 Å². The normalized spacial score (nSPS) is 16.1. The number of carbonyl (C=O) groups excluding carboxylic acids is 3. The van der Waals surface area contributed by atoms with Crippen molar-refractivity contribution in [1.82, 2.24) is 9.62 Å². The number of ether oxygens (including phenoxy) is 1. The van der Waals surface area contributed by atoms with Crippen molar-refractivity contribution in [2.75, 3.05) is 18.5 Å². The summed E-state index contributed by atoms with van der Waals surface area (Å²) in [7, 11) is -3.89. The molecule has 0 radical (unpaired) electrons. The molecule has 41 heavy (non-hydrogen) atoms. The Morgan fingerprint density at radius 2 is 1.66 bits per heavy atom. The Labute approximate surface area is 241 Å². The molecule has 1 heterocycles. The van der Waals surface area contributed by atoms with E-state index in [1.807, 2.05) is 26.0 Å². The number of nitrogens with zero attached hydrogens (tertiary/aromatic N) is 1. The predicted octanol–water partition coefficient (Wildman–Crippen LogP) is 4.00. The number of sulfonamides is 1. The molecule has 1 saturated heterocycles. The molecule has 0 unspecified atom stereocenters. The largest absolute Gasteiger partial charge is 0.464 e. The van der Waals surface area contributed by atoms with Gasteiger partial charge in [0.2, 0.25) is 15.9 Å². The van der Waals surface area contributed by atoms with Gasteiger partial charge >= 0.3 is 5.97 Å². The smallest absolute Gasteiger partial charge is 0.328 e. The number of rotatable bonds is 10. The second kappa shape index (κ2) is 13.1. The Balaban J connectivity index is 1.46. The standard InChI is InChI=1S/C31H35N3O6S/c1-4-40-31(37)27(20-23-13-15-24(16-14-23)32-29(35)26-9-6-5-8-22(26)3)33-30(36)28-10-7-19-34(28)41(38,39)25-17-11-21(2)12-18-25/h5-6,8-9,11-18,27-28H,4,7,10,19-20H2,1-3H3,(H,32,35)(H,33,36)/t27-,28-/m0/s1. The van der Waals surface area contributed by atoms with E-state index >= 15 is 0 Å². The quantitative estimate of drug-likeness (QED) is 0.352. The number of benzene rings is 3. The molecular formula is C31H35N3O6S. The van der Waals surface area contributed by atoms with E-state index in [1.54, 1.807) is 55.5 Å². The Morgan fingerprint density at radius 3 is 2.32 bits per heavy atom. The summed E-state index contributed by atoms with van der Waals surface area (Å²) in [6.45, 7) is 5.76. The molecule has 3 aromatic rings. The SMILES string of the molecule is CCOC(=O)[C@H](Cc1ccc(NC(=O)c2ccccc2C)cc1)NC(=O)[C@@H]1CCCN1S(=O)(=O)c1ccc(C)cc1. The zero-order valence-corrected chi connectivity index (χ0v) is 24.2. The lowest BCUT2D eigenvalue weighted by molar-refractivity contribution is -0.147. The maximum Gasteiger partial charge on any atom is 0.328 e. The van der Waals surface area contributed by atoms with Crippen LogP contribution in [-0.2, 0) is 30.8 Å². The maximum absolute atomic E-state index is 13.4. The zero-order chi connectivity index (χ0) is 29.6. The van der Waals surface area contributed by atoms with Crippen molar-refractivity contribution in [3.63, 3.8) is 0 Å². The molecule has 2 amide bonds. The molecule has 4 rings (SSSR count). The second-order valence-corrected chi connectivity index (χ2v) is 12.0. The molecule has 1 fully saturated rings. The molecule has 3 aromatic carbocycles. The zero-order valence-electron chi connectivity index (χ0n) is 23.4. The molecule has 1 aliphatic rings. The summed E-state index contributed by atoms with van der Waals surface area (Å²) in [5.74, 6) is -1.38. The van der Waals surface area contributed by atoms with Crippen LogP contribution < -0.4 is 10.6 Å². The highest BCUT2D eigenvalue weighted by atomic mass is 32.2. The number of hydrogen-bond acceptors (Lipinski definition) is 6. The first-order chi connectivity index (χ1) is 19.6. The van der Waals surface area contributed by atoms with Crippen molar-refractivity contribution in [2.24, 2.45) is 0 Å². The van der Waals surface area contributed by atoms with Gasteiger partial charge in [-0.1, -0.05) is 48.0 Å². The third-order valence-corrected chi connectivity index (χ3v) is 8.99. The molecule has 0 bridgehead atoms. The Kier molecular flexibility index (Phi) is 9.57. The van der Waals surface area contributed by atoms with Crippen LogP contribution in [0.5, 0.6) is 0 Å². The van der Waals surface area contributed by atoms with Gasteiger partial charge in [0.1, 0.15) is 12.1 Å². The van der Waals surface area contributed by atoms with Gasteiger partial charge in [0.05, 0.1) is 11.5 Å². The third kappa shape index (κ3) is 7.20. The minimum absolute atomic E-state index is 0.124. The van der Waals surface area contributed by atoms with E-state index in [0.717, 1.165) is 16.7 Å². The van der Waals surface area contributed by atoms with Crippen LogP contribution >= 0.6 is 0 Å². The highest BCUT2D eigenvalue weighted by Crippen LogP contribution is 2.27. The Morgan fingerprint density at radius 1 is 0.976 bits per heavy atom. The van der Waals surface area contributed by atoms with Crippen molar-refractivity contribution < 1.29 is 27.5 Å². The van der Waals surface area contributed by atoms with Crippen molar-refractivity contribution in [1.29, 1.82) is 0 Å². The van der Waals surface area contributed by atoms with Gasteiger partial charge in [-0.05, 0) is 75.1 Å². The van der Waals surface area contributed by atoms with Gasteiger partial charge < -0.3 is 15.4 Å². The van der Waals surface area contributed by atoms with Gasteiger partial charge in [-0.15, -0.1) is 0 Å². The third-order valence-electron chi connectivity index (χ3n) is 7.06. The molecule has 2 N–H and O–H groups in total. The number of esters is 1. The van der Waals surface area contributed by atoms with Crippen LogP contribution in [0.2, 0.25) is 0 Å². The van der Waals surface area contributed by atoms with Gasteiger partial charge in [-0.2, -0.15) is 4.31 Å². The summed E-state index contributed by atoms with van der Waals surface area (Å²) < 4.78 is 33.0. The fourth-order valence-electron chi connectivity index (χ4n) is 4.83. The molecule has 0 saturated carbocycles. The van der Waals surface area contributed by atoms with Gasteiger partial charge in [-0.25, -0.2) is 13.2 Å². The lowest BCUT2D eigenvalue weighted by atomic mass is 10.0. The first kappa shape index (κ1) is 30.0. The van der Waals surface area contributed by atoms with E-state index in [2.05, 4.69) is 10.6 Å². The summed E-state index contributed by atoms with van der Waals surface area (Å²) >= 11 is 0. The van der Waals surface area contributed by atoms with Crippen LogP contribution in [0.15, 0.2) is 77.7 Å². The average molecular weight is 578 g/mol. The van der Waals surface area contributed by atoms with Gasteiger partial charge in [0.15, 0.2) is 0 Å². The number of amides is 2. The van der Waals surface area contributed by atoms with Crippen molar-refractivity contribution in [3.05, 3.63) is 95.1 Å². The summed E-state index contributed by atoms with van der Waals surface area (Å²) in [5.41, 5.74) is 3.68. The van der Waals surface area contributed by atoms with E-state index in [-0.39, 0.29) is 30.4 Å². The van der Waals surface area contributed by atoms with Crippen LogP contribution in [-0.4, -0.2) is 55.7 Å². The van der Waals surface area contributed by atoms with E-state index in [9.17, 15) is 22.8 Å². The number of hydrogen-bond donors (Lipinski definition) is 2. The fourth-order valence-corrected chi connectivity index (χ4v) is 6.48. The topological polar surface area (TPSA) is 122 Å². The molecule has 0 aromatic heterocycles.